The molecule has 2 atom stereocenters. The van der Waals surface area contributed by atoms with E-state index in [2.05, 4.69) is 108 Å². The molecule has 0 N–H and O–H groups in total. The second kappa shape index (κ2) is 8.35. The van der Waals surface area contributed by atoms with Crippen molar-refractivity contribution in [2.24, 2.45) is 5.92 Å². The van der Waals surface area contributed by atoms with Gasteiger partial charge < -0.3 is 4.57 Å². The molecule has 0 saturated carbocycles. The molecule has 2 unspecified atom stereocenters. The molecule has 0 spiro atoms. The van der Waals surface area contributed by atoms with Crippen LogP contribution in [0.15, 0.2) is 103 Å². The van der Waals surface area contributed by atoms with E-state index in [0.717, 1.165) is 38.5 Å². The molecule has 180 valence electrons. The number of rotatable bonds is 2. The van der Waals surface area contributed by atoms with Crippen LogP contribution in [0.25, 0.3) is 33.8 Å². The molecule has 37 heavy (non-hydrogen) atoms. The smallest absolute Gasteiger partial charge is 0.0543 e. The van der Waals surface area contributed by atoms with Gasteiger partial charge >= 0.3 is 0 Å². The van der Waals surface area contributed by atoms with Gasteiger partial charge in [0.1, 0.15) is 0 Å². The lowest BCUT2D eigenvalue weighted by molar-refractivity contribution is 0.658. The van der Waals surface area contributed by atoms with Crippen molar-refractivity contribution in [2.75, 3.05) is 0 Å². The highest BCUT2D eigenvalue weighted by atomic mass is 15.0. The molecule has 2 aromatic carbocycles. The van der Waals surface area contributed by atoms with E-state index in [1.54, 1.807) is 5.57 Å². The molecule has 0 bridgehead atoms. The molecule has 5 aliphatic carbocycles. The van der Waals surface area contributed by atoms with Gasteiger partial charge in [0.05, 0.1) is 5.52 Å². The zero-order valence-electron chi connectivity index (χ0n) is 21.2. The van der Waals surface area contributed by atoms with Crippen LogP contribution in [0.1, 0.15) is 66.0 Å². The maximum Gasteiger partial charge on any atom is 0.0543 e. The lowest BCUT2D eigenvalue weighted by atomic mass is 9.67. The minimum absolute atomic E-state index is 0.407. The maximum absolute atomic E-state index is 2.56. The average molecular weight is 478 g/mol. The van der Waals surface area contributed by atoms with E-state index in [9.17, 15) is 0 Å². The van der Waals surface area contributed by atoms with Crippen molar-refractivity contribution >= 4 is 33.8 Å². The normalized spacial score (nSPS) is 23.4. The number of hydrogen-bond donors (Lipinski definition) is 0. The standard InChI is InChI=1S/C36H31N/c1-2-10-26(11-3-1)37-35-17-9-8-16-32(35)33-21-19-25(23-36(33)37)24-18-20-31-29-14-5-4-12-27(29)28-13-6-7-15-30(28)34(31)22-24/h2,4-5,7-8,10-12,14-16,18-23,31,34H,1,3,6,9,13,17H2. The quantitative estimate of drug-likeness (QED) is 0.347. The maximum atomic E-state index is 2.56. The Morgan fingerprint density at radius 2 is 1.65 bits per heavy atom. The molecule has 0 amide bonds. The number of benzene rings is 2. The lowest BCUT2D eigenvalue weighted by Crippen LogP contribution is -2.22. The van der Waals surface area contributed by atoms with Gasteiger partial charge in [-0.05, 0) is 84.1 Å². The van der Waals surface area contributed by atoms with Gasteiger partial charge in [0.2, 0.25) is 0 Å². The van der Waals surface area contributed by atoms with Crippen LogP contribution >= 0.6 is 0 Å². The van der Waals surface area contributed by atoms with Crippen molar-refractivity contribution in [3.05, 3.63) is 131 Å². The van der Waals surface area contributed by atoms with Crippen molar-refractivity contribution in [3.63, 3.8) is 0 Å². The average Bonchev–Trinajstić information content (AvgIpc) is 3.31. The van der Waals surface area contributed by atoms with E-state index in [4.69, 9.17) is 0 Å². The zero-order chi connectivity index (χ0) is 24.3. The van der Waals surface area contributed by atoms with Gasteiger partial charge in [0, 0.05) is 34.2 Å². The van der Waals surface area contributed by atoms with Crippen LogP contribution in [0, 0.1) is 5.92 Å². The van der Waals surface area contributed by atoms with Crippen LogP contribution in [0.2, 0.25) is 0 Å². The molecular formula is C36H31N. The van der Waals surface area contributed by atoms with Gasteiger partial charge in [-0.2, -0.15) is 0 Å². The summed E-state index contributed by atoms with van der Waals surface area (Å²) in [5.41, 5.74) is 14.3. The lowest BCUT2D eigenvalue weighted by Gasteiger charge is -2.37. The van der Waals surface area contributed by atoms with Crippen molar-refractivity contribution in [1.29, 1.82) is 0 Å². The molecule has 1 heteroatoms. The summed E-state index contributed by atoms with van der Waals surface area (Å²) in [6.07, 6.45) is 30.7. The third-order valence-corrected chi connectivity index (χ3v) is 8.95. The van der Waals surface area contributed by atoms with Crippen molar-refractivity contribution < 1.29 is 0 Å². The highest BCUT2D eigenvalue weighted by Crippen LogP contribution is 2.50. The molecule has 1 heterocycles. The second-order valence-electron chi connectivity index (χ2n) is 11.0. The molecule has 3 aromatic rings. The number of hydrogen-bond acceptors (Lipinski definition) is 0. The van der Waals surface area contributed by atoms with E-state index in [1.807, 2.05) is 0 Å². The molecule has 1 nitrogen and oxygen atoms in total. The van der Waals surface area contributed by atoms with E-state index >= 15 is 0 Å². The Kier molecular flexibility index (Phi) is 4.80. The van der Waals surface area contributed by atoms with E-state index in [0.29, 0.717) is 11.8 Å². The summed E-state index contributed by atoms with van der Waals surface area (Å²) in [7, 11) is 0. The minimum atomic E-state index is 0.407. The van der Waals surface area contributed by atoms with Gasteiger partial charge in [-0.3, -0.25) is 0 Å². The Morgan fingerprint density at radius 1 is 0.757 bits per heavy atom. The summed E-state index contributed by atoms with van der Waals surface area (Å²) in [5, 5.41) is 1.37. The van der Waals surface area contributed by atoms with Crippen LogP contribution in [0.4, 0.5) is 0 Å². The Bertz CT molecular complexity index is 1670. The summed E-state index contributed by atoms with van der Waals surface area (Å²) >= 11 is 0. The molecule has 5 aliphatic rings. The summed E-state index contributed by atoms with van der Waals surface area (Å²) in [4.78, 5) is 0. The fraction of sp³-hybridized carbons (Fsp3) is 0.222. The van der Waals surface area contributed by atoms with Gasteiger partial charge in [-0.25, -0.2) is 0 Å². The van der Waals surface area contributed by atoms with Gasteiger partial charge in [-0.15, -0.1) is 0 Å². The molecule has 8 rings (SSSR count). The van der Waals surface area contributed by atoms with Crippen molar-refractivity contribution in [1.82, 2.24) is 4.57 Å². The Balaban J connectivity index is 1.28. The highest BCUT2D eigenvalue weighted by molar-refractivity contribution is 5.97. The molecule has 0 radical (unpaired) electrons. The molecule has 0 saturated heterocycles. The third kappa shape index (κ3) is 3.23. The van der Waals surface area contributed by atoms with Gasteiger partial charge in [0.25, 0.3) is 0 Å². The van der Waals surface area contributed by atoms with E-state index in [-0.39, 0.29) is 0 Å². The predicted octanol–water partition coefficient (Wildman–Crippen LogP) is 9.26. The molecular weight excluding hydrogens is 446 g/mol. The van der Waals surface area contributed by atoms with Crippen molar-refractivity contribution in [2.45, 2.75) is 44.4 Å². The summed E-state index contributed by atoms with van der Waals surface area (Å²) in [6.45, 7) is 0. The third-order valence-electron chi connectivity index (χ3n) is 8.95. The molecule has 0 aliphatic heterocycles. The zero-order valence-corrected chi connectivity index (χ0v) is 21.2. The number of aromatic nitrogens is 1. The Labute approximate surface area is 219 Å². The first kappa shape index (κ1) is 21.3. The van der Waals surface area contributed by atoms with Gasteiger partial charge in [0.15, 0.2) is 0 Å². The number of fused-ring (bicyclic) bond motifs is 8. The fourth-order valence-electron chi connectivity index (χ4n) is 7.26. The van der Waals surface area contributed by atoms with Gasteiger partial charge in [-0.1, -0.05) is 91.1 Å². The van der Waals surface area contributed by atoms with E-state index < -0.39 is 0 Å². The van der Waals surface area contributed by atoms with Crippen LogP contribution in [0.3, 0.4) is 0 Å². The fourth-order valence-corrected chi connectivity index (χ4v) is 7.26. The Morgan fingerprint density at radius 3 is 2.59 bits per heavy atom. The summed E-state index contributed by atoms with van der Waals surface area (Å²) in [5.74, 6) is 0.827. The van der Waals surface area contributed by atoms with Crippen molar-refractivity contribution in [3.8, 4) is 0 Å². The van der Waals surface area contributed by atoms with Crippen LogP contribution in [0.5, 0.6) is 0 Å². The highest BCUT2D eigenvalue weighted by Gasteiger charge is 2.34. The summed E-state index contributed by atoms with van der Waals surface area (Å²) < 4.78 is 2.55. The Hall–Kier alpha value is -3.84. The monoisotopic (exact) mass is 477 g/mol. The topological polar surface area (TPSA) is 4.93 Å². The van der Waals surface area contributed by atoms with Crippen LogP contribution in [-0.2, 0) is 6.42 Å². The second-order valence-corrected chi connectivity index (χ2v) is 11.0. The number of nitrogens with zero attached hydrogens (tertiary/aromatic N) is 1. The first-order chi connectivity index (χ1) is 18.4. The molecule has 0 fully saturated rings. The number of allylic oxidation sites excluding steroid dienone is 13. The largest absolute Gasteiger partial charge is 0.313 e. The van der Waals surface area contributed by atoms with E-state index in [1.165, 1.54) is 55.7 Å². The predicted molar refractivity (Wildman–Crippen MR) is 157 cm³/mol. The first-order valence-corrected chi connectivity index (χ1v) is 14.0. The SMILES string of the molecule is C1=CC(n2c3c(c4ccc(C5=CC6C7=C(CCC=C7)c7ccccc7C6C=C5)cc42)C=CCC3)=CCC1. The summed E-state index contributed by atoms with van der Waals surface area (Å²) in [6, 6.07) is 16.3. The van der Waals surface area contributed by atoms with Crippen LogP contribution < -0.4 is 0 Å². The molecule has 1 aromatic heterocycles. The first-order valence-electron chi connectivity index (χ1n) is 14.0. The minimum Gasteiger partial charge on any atom is -0.313 e. The van der Waals surface area contributed by atoms with Crippen LogP contribution in [-0.4, -0.2) is 4.57 Å².